The first-order chi connectivity index (χ1) is 5.72. The average Bonchev–Trinajstić information content (AvgIpc) is 2.03. The lowest BCUT2D eigenvalue weighted by Gasteiger charge is -2.31. The summed E-state index contributed by atoms with van der Waals surface area (Å²) in [6.07, 6.45) is 3.30. The Kier molecular flexibility index (Phi) is 3.73. The van der Waals surface area contributed by atoms with Gasteiger partial charge in [-0.05, 0) is 38.8 Å². The topological polar surface area (TPSA) is 20.3 Å². The quantitative estimate of drug-likeness (QED) is 0.641. The van der Waals surface area contributed by atoms with Crippen molar-refractivity contribution in [3.8, 4) is 0 Å². The monoisotopic (exact) mass is 169 g/mol. The van der Waals surface area contributed by atoms with Crippen molar-refractivity contribution in [1.82, 2.24) is 4.90 Å². The average molecular weight is 169 g/mol. The van der Waals surface area contributed by atoms with E-state index in [1.54, 1.807) is 6.92 Å². The summed E-state index contributed by atoms with van der Waals surface area (Å²) in [5, 5.41) is 0. The van der Waals surface area contributed by atoms with Gasteiger partial charge < -0.3 is 9.69 Å². The number of ketones is 1. The van der Waals surface area contributed by atoms with Crippen molar-refractivity contribution < 1.29 is 4.79 Å². The lowest BCUT2D eigenvalue weighted by molar-refractivity contribution is -0.118. The van der Waals surface area contributed by atoms with E-state index in [2.05, 4.69) is 11.8 Å². The normalized spacial score (nSPS) is 25.7. The van der Waals surface area contributed by atoms with Gasteiger partial charge in [-0.3, -0.25) is 0 Å². The maximum Gasteiger partial charge on any atom is 0.130 e. The van der Waals surface area contributed by atoms with Gasteiger partial charge in [-0.1, -0.05) is 6.92 Å². The number of nitrogens with zero attached hydrogens (tertiary/aromatic N) is 1. The van der Waals surface area contributed by atoms with Gasteiger partial charge in [-0.15, -0.1) is 0 Å². The highest BCUT2D eigenvalue weighted by Crippen LogP contribution is 2.19. The summed E-state index contributed by atoms with van der Waals surface area (Å²) in [6, 6.07) is 0. The highest BCUT2D eigenvalue weighted by molar-refractivity contribution is 5.75. The van der Waals surface area contributed by atoms with E-state index in [9.17, 15) is 4.79 Å². The second-order valence-corrected chi connectivity index (χ2v) is 3.81. The number of Topliss-reactive ketones (excluding diaryl/α,β-unsaturated/α-hetero) is 1. The van der Waals surface area contributed by atoms with Crippen LogP contribution in [0.4, 0.5) is 0 Å². The minimum atomic E-state index is 0.345. The van der Waals surface area contributed by atoms with Gasteiger partial charge in [-0.25, -0.2) is 0 Å². The summed E-state index contributed by atoms with van der Waals surface area (Å²) >= 11 is 0. The van der Waals surface area contributed by atoms with Crippen LogP contribution in [0.15, 0.2) is 0 Å². The zero-order valence-corrected chi connectivity index (χ0v) is 8.18. The summed E-state index contributed by atoms with van der Waals surface area (Å²) in [5.74, 6) is 0.981. The Bertz CT molecular complexity index is 156. The molecule has 1 aliphatic heterocycles. The molecular weight excluding hydrogens is 150 g/mol. The van der Waals surface area contributed by atoms with Crippen LogP contribution in [0, 0.1) is 5.92 Å². The maximum atomic E-state index is 10.9. The smallest absolute Gasteiger partial charge is 0.130 e. The highest BCUT2D eigenvalue weighted by atomic mass is 16.1. The van der Waals surface area contributed by atoms with Crippen molar-refractivity contribution in [1.29, 1.82) is 0 Å². The van der Waals surface area contributed by atoms with E-state index in [0.717, 1.165) is 19.5 Å². The van der Waals surface area contributed by atoms with Crippen LogP contribution in [-0.4, -0.2) is 30.3 Å². The van der Waals surface area contributed by atoms with Crippen LogP contribution in [0.5, 0.6) is 0 Å². The molecule has 1 saturated heterocycles. The fraction of sp³-hybridized carbons (Fsp3) is 0.900. The second-order valence-electron chi connectivity index (χ2n) is 3.81. The Labute approximate surface area is 74.9 Å². The highest BCUT2D eigenvalue weighted by Gasteiger charge is 2.19. The Hall–Kier alpha value is -0.370. The third kappa shape index (κ3) is 2.94. The number of carbonyl (C=O) groups is 1. The van der Waals surface area contributed by atoms with Crippen LogP contribution in [0.25, 0.3) is 0 Å². The number of rotatable bonds is 3. The number of hydrogen-bond donors (Lipinski definition) is 0. The first-order valence-corrected chi connectivity index (χ1v) is 4.94. The van der Waals surface area contributed by atoms with E-state index in [1.165, 1.54) is 19.4 Å². The van der Waals surface area contributed by atoms with Crippen molar-refractivity contribution in [2.24, 2.45) is 5.92 Å². The Morgan fingerprint density at radius 1 is 1.58 bits per heavy atom. The number of carbonyl (C=O) groups excluding carboxylic acids is 1. The summed E-state index contributed by atoms with van der Waals surface area (Å²) in [5.41, 5.74) is 0. The number of likely N-dealkylation sites (tertiary alicyclic amines) is 1. The molecule has 0 amide bonds. The molecule has 0 radical (unpaired) electrons. The molecule has 1 fully saturated rings. The third-order valence-corrected chi connectivity index (χ3v) is 2.63. The molecule has 0 aromatic heterocycles. The molecule has 0 aliphatic carbocycles. The van der Waals surface area contributed by atoms with Crippen LogP contribution < -0.4 is 0 Å². The number of hydrogen-bond acceptors (Lipinski definition) is 2. The van der Waals surface area contributed by atoms with Gasteiger partial charge in [0, 0.05) is 13.0 Å². The number of piperidine rings is 1. The van der Waals surface area contributed by atoms with Crippen molar-refractivity contribution in [3.63, 3.8) is 0 Å². The van der Waals surface area contributed by atoms with E-state index in [-0.39, 0.29) is 0 Å². The van der Waals surface area contributed by atoms with Crippen molar-refractivity contribution >= 4 is 5.78 Å². The first-order valence-electron chi connectivity index (χ1n) is 4.94. The van der Waals surface area contributed by atoms with Crippen LogP contribution in [0.3, 0.4) is 0 Å². The Balaban J connectivity index is 2.30. The van der Waals surface area contributed by atoms with Gasteiger partial charge in [0.05, 0.1) is 0 Å². The van der Waals surface area contributed by atoms with E-state index in [4.69, 9.17) is 0 Å². The second kappa shape index (κ2) is 4.61. The standard InChI is InChI=1S/C10H19NO/c1-3-11-6-4-5-10(8-11)7-9(2)12/h10H,3-8H2,1-2H3. The zero-order chi connectivity index (χ0) is 8.97. The third-order valence-electron chi connectivity index (χ3n) is 2.63. The van der Waals surface area contributed by atoms with Gasteiger partial charge in [0.2, 0.25) is 0 Å². The van der Waals surface area contributed by atoms with Gasteiger partial charge in [0.1, 0.15) is 5.78 Å². The molecule has 12 heavy (non-hydrogen) atoms. The zero-order valence-electron chi connectivity index (χ0n) is 8.18. The van der Waals surface area contributed by atoms with E-state index < -0.39 is 0 Å². The Morgan fingerprint density at radius 3 is 2.92 bits per heavy atom. The summed E-state index contributed by atoms with van der Waals surface area (Å²) in [4.78, 5) is 13.3. The van der Waals surface area contributed by atoms with Gasteiger partial charge >= 0.3 is 0 Å². The van der Waals surface area contributed by atoms with Crippen LogP contribution in [-0.2, 0) is 4.79 Å². The van der Waals surface area contributed by atoms with E-state index >= 15 is 0 Å². The molecule has 0 bridgehead atoms. The minimum absolute atomic E-state index is 0.345. The van der Waals surface area contributed by atoms with Crippen molar-refractivity contribution in [3.05, 3.63) is 0 Å². The van der Waals surface area contributed by atoms with E-state index in [1.807, 2.05) is 0 Å². The first kappa shape index (κ1) is 9.72. The van der Waals surface area contributed by atoms with Gasteiger partial charge in [-0.2, -0.15) is 0 Å². The van der Waals surface area contributed by atoms with Crippen LogP contribution in [0.2, 0.25) is 0 Å². The van der Waals surface area contributed by atoms with Gasteiger partial charge in [0.15, 0.2) is 0 Å². The largest absolute Gasteiger partial charge is 0.303 e. The molecule has 1 rings (SSSR count). The fourth-order valence-corrected chi connectivity index (χ4v) is 2.01. The molecular formula is C10H19NO. The maximum absolute atomic E-state index is 10.9. The predicted molar refractivity (Wildman–Crippen MR) is 50.1 cm³/mol. The van der Waals surface area contributed by atoms with Crippen molar-refractivity contribution in [2.45, 2.75) is 33.1 Å². The summed E-state index contributed by atoms with van der Waals surface area (Å²) in [7, 11) is 0. The molecule has 1 heterocycles. The molecule has 2 heteroatoms. The lowest BCUT2D eigenvalue weighted by atomic mass is 9.93. The molecule has 0 N–H and O–H groups in total. The van der Waals surface area contributed by atoms with Gasteiger partial charge in [0.25, 0.3) is 0 Å². The molecule has 1 unspecified atom stereocenters. The predicted octanol–water partition coefficient (Wildman–Crippen LogP) is 1.70. The summed E-state index contributed by atoms with van der Waals surface area (Å²) < 4.78 is 0. The summed E-state index contributed by atoms with van der Waals surface area (Å²) in [6.45, 7) is 7.39. The van der Waals surface area contributed by atoms with E-state index in [0.29, 0.717) is 11.7 Å². The lowest BCUT2D eigenvalue weighted by Crippen LogP contribution is -2.35. The fourth-order valence-electron chi connectivity index (χ4n) is 2.01. The van der Waals surface area contributed by atoms with Crippen LogP contribution >= 0.6 is 0 Å². The van der Waals surface area contributed by atoms with Crippen molar-refractivity contribution in [2.75, 3.05) is 19.6 Å². The molecule has 0 aromatic carbocycles. The SMILES string of the molecule is CCN1CCCC(CC(C)=O)C1. The van der Waals surface area contributed by atoms with Crippen LogP contribution in [0.1, 0.15) is 33.1 Å². The minimum Gasteiger partial charge on any atom is -0.303 e. The Morgan fingerprint density at radius 2 is 2.33 bits per heavy atom. The molecule has 70 valence electrons. The molecule has 0 saturated carbocycles. The molecule has 2 nitrogen and oxygen atoms in total. The molecule has 0 spiro atoms. The molecule has 0 aromatic rings. The molecule has 1 atom stereocenters. The molecule has 1 aliphatic rings.